The van der Waals surface area contributed by atoms with Gasteiger partial charge in [-0.2, -0.15) is 0 Å². The minimum Gasteiger partial charge on any atom is -0.392 e. The van der Waals surface area contributed by atoms with Gasteiger partial charge in [-0.3, -0.25) is 10.1 Å². The number of amides is 1. The zero-order valence-electron chi connectivity index (χ0n) is 10.9. The zero-order chi connectivity index (χ0) is 14.8. The summed E-state index contributed by atoms with van der Waals surface area (Å²) in [6.07, 6.45) is 1.88. The Morgan fingerprint density at radius 1 is 1.48 bits per heavy atom. The van der Waals surface area contributed by atoms with Crippen LogP contribution in [0.1, 0.15) is 16.1 Å². The Hall–Kier alpha value is -1.97. The molecule has 1 amide bonds. The third-order valence-corrected chi connectivity index (χ3v) is 4.55. The van der Waals surface area contributed by atoms with Crippen LogP contribution in [0.5, 0.6) is 0 Å². The van der Waals surface area contributed by atoms with Crippen LogP contribution in [0.15, 0.2) is 27.1 Å². The van der Waals surface area contributed by atoms with Crippen LogP contribution in [0.4, 0.5) is 5.13 Å². The molecular formula is C12H10N4O3S2. The number of anilines is 1. The molecular weight excluding hydrogens is 312 g/mol. The van der Waals surface area contributed by atoms with Crippen molar-refractivity contribution < 1.29 is 14.4 Å². The zero-order valence-corrected chi connectivity index (χ0v) is 12.5. The van der Waals surface area contributed by atoms with E-state index in [2.05, 4.69) is 20.7 Å². The van der Waals surface area contributed by atoms with Gasteiger partial charge in [0.05, 0.1) is 12.0 Å². The van der Waals surface area contributed by atoms with Crippen molar-refractivity contribution in [3.63, 3.8) is 0 Å². The van der Waals surface area contributed by atoms with Crippen molar-refractivity contribution in [2.45, 2.75) is 10.9 Å². The number of nitrogens with zero attached hydrogens (tertiary/aromatic N) is 3. The largest absolute Gasteiger partial charge is 0.392 e. The van der Waals surface area contributed by atoms with E-state index in [1.807, 2.05) is 6.26 Å². The van der Waals surface area contributed by atoms with Crippen LogP contribution in [-0.4, -0.2) is 32.6 Å². The fourth-order valence-corrected chi connectivity index (χ4v) is 2.91. The lowest BCUT2D eigenvalue weighted by molar-refractivity contribution is 0.0990. The van der Waals surface area contributed by atoms with E-state index in [9.17, 15) is 4.79 Å². The van der Waals surface area contributed by atoms with Gasteiger partial charge in [0.2, 0.25) is 10.9 Å². The Balaban J connectivity index is 1.90. The third-order valence-electron chi connectivity index (χ3n) is 2.73. The van der Waals surface area contributed by atoms with Gasteiger partial charge in [-0.05, 0) is 24.0 Å². The molecule has 108 valence electrons. The maximum atomic E-state index is 12.2. The lowest BCUT2D eigenvalue weighted by Crippen LogP contribution is -2.11. The Morgan fingerprint density at radius 2 is 2.33 bits per heavy atom. The van der Waals surface area contributed by atoms with Gasteiger partial charge in [-0.15, -0.1) is 10.2 Å². The molecule has 1 aromatic carbocycles. The summed E-state index contributed by atoms with van der Waals surface area (Å²) in [4.78, 5) is 12.2. The summed E-state index contributed by atoms with van der Waals surface area (Å²) in [5, 5.41) is 24.3. The molecule has 2 N–H and O–H groups in total. The van der Waals surface area contributed by atoms with Crippen LogP contribution in [0.25, 0.3) is 10.9 Å². The second-order valence-corrected chi connectivity index (χ2v) is 6.08. The number of aliphatic hydroxyl groups is 1. The SMILES string of the molecule is CSc1nnc(NC(=O)c2onc3ccc(CO)cc23)s1. The fourth-order valence-electron chi connectivity index (χ4n) is 1.75. The van der Waals surface area contributed by atoms with E-state index >= 15 is 0 Å². The van der Waals surface area contributed by atoms with Gasteiger partial charge >= 0.3 is 0 Å². The van der Waals surface area contributed by atoms with Gasteiger partial charge in [0, 0.05) is 0 Å². The summed E-state index contributed by atoms with van der Waals surface area (Å²) in [7, 11) is 0. The molecule has 3 aromatic rings. The highest BCUT2D eigenvalue weighted by Crippen LogP contribution is 2.25. The number of hydrogen-bond donors (Lipinski definition) is 2. The summed E-state index contributed by atoms with van der Waals surface area (Å²) in [6.45, 7) is -0.115. The highest BCUT2D eigenvalue weighted by atomic mass is 32.2. The quantitative estimate of drug-likeness (QED) is 0.560. The van der Waals surface area contributed by atoms with E-state index in [0.717, 1.165) is 4.34 Å². The molecule has 0 aliphatic carbocycles. The van der Waals surface area contributed by atoms with E-state index < -0.39 is 5.91 Å². The average molecular weight is 322 g/mol. The van der Waals surface area contributed by atoms with Gasteiger partial charge in [0.15, 0.2) is 4.34 Å². The molecule has 21 heavy (non-hydrogen) atoms. The van der Waals surface area contributed by atoms with E-state index in [-0.39, 0.29) is 12.4 Å². The summed E-state index contributed by atoms with van der Waals surface area (Å²) in [5.74, 6) is -0.363. The lowest BCUT2D eigenvalue weighted by atomic mass is 10.1. The minimum absolute atomic E-state index is 0.0844. The van der Waals surface area contributed by atoms with Crippen LogP contribution in [0.3, 0.4) is 0 Å². The van der Waals surface area contributed by atoms with Gasteiger partial charge in [-0.25, -0.2) is 0 Å². The second-order valence-electron chi connectivity index (χ2n) is 4.05. The summed E-state index contributed by atoms with van der Waals surface area (Å²) in [5.41, 5.74) is 1.24. The Labute approximate surface area is 127 Å². The maximum Gasteiger partial charge on any atom is 0.296 e. The van der Waals surface area contributed by atoms with Crippen molar-refractivity contribution in [1.82, 2.24) is 15.4 Å². The van der Waals surface area contributed by atoms with Crippen molar-refractivity contribution >= 4 is 45.0 Å². The maximum absolute atomic E-state index is 12.2. The Kier molecular flexibility index (Phi) is 3.86. The molecule has 9 heteroatoms. The first-order valence-corrected chi connectivity index (χ1v) is 7.93. The van der Waals surface area contributed by atoms with Crippen LogP contribution < -0.4 is 5.32 Å². The van der Waals surface area contributed by atoms with E-state index in [4.69, 9.17) is 9.63 Å². The standard InChI is InChI=1S/C12H10N4O3S2/c1-20-12-15-14-11(21-12)13-10(18)9-7-4-6(5-17)2-3-8(7)16-19-9/h2-4,17H,5H2,1H3,(H,13,14,18). The normalized spacial score (nSPS) is 11.0. The van der Waals surface area contributed by atoms with E-state index in [0.29, 0.717) is 21.6 Å². The summed E-state index contributed by atoms with van der Waals surface area (Å²) >= 11 is 2.73. The van der Waals surface area contributed by atoms with Crippen molar-refractivity contribution in [3.8, 4) is 0 Å². The fraction of sp³-hybridized carbons (Fsp3) is 0.167. The number of hydrogen-bond acceptors (Lipinski definition) is 8. The number of rotatable bonds is 4. The van der Waals surface area contributed by atoms with Crippen molar-refractivity contribution in [2.75, 3.05) is 11.6 Å². The summed E-state index contributed by atoms with van der Waals surface area (Å²) in [6, 6.07) is 5.09. The molecule has 0 aliphatic heterocycles. The number of carbonyl (C=O) groups is 1. The molecule has 0 aliphatic rings. The average Bonchev–Trinajstić information content (AvgIpc) is 3.12. The molecule has 0 radical (unpaired) electrons. The van der Waals surface area contributed by atoms with Crippen LogP contribution in [0, 0.1) is 0 Å². The van der Waals surface area contributed by atoms with Crippen LogP contribution in [-0.2, 0) is 6.61 Å². The predicted molar refractivity (Wildman–Crippen MR) is 79.6 cm³/mol. The van der Waals surface area contributed by atoms with Gasteiger partial charge in [0.1, 0.15) is 5.52 Å². The van der Waals surface area contributed by atoms with Crippen molar-refractivity contribution in [1.29, 1.82) is 0 Å². The number of aromatic nitrogens is 3. The lowest BCUT2D eigenvalue weighted by Gasteiger charge is -1.98. The third kappa shape index (κ3) is 2.75. The first-order chi connectivity index (χ1) is 10.2. The van der Waals surface area contributed by atoms with Crippen LogP contribution >= 0.6 is 23.1 Å². The van der Waals surface area contributed by atoms with Gasteiger partial charge in [0.25, 0.3) is 5.91 Å². The molecule has 2 aromatic heterocycles. The minimum atomic E-state index is -0.448. The van der Waals surface area contributed by atoms with Gasteiger partial charge < -0.3 is 9.63 Å². The smallest absolute Gasteiger partial charge is 0.296 e. The monoisotopic (exact) mass is 322 g/mol. The van der Waals surface area contributed by atoms with E-state index in [1.165, 1.54) is 23.1 Å². The molecule has 0 saturated heterocycles. The van der Waals surface area contributed by atoms with Crippen molar-refractivity contribution in [3.05, 3.63) is 29.5 Å². The molecule has 0 fully saturated rings. The van der Waals surface area contributed by atoms with Gasteiger partial charge in [-0.1, -0.05) is 34.3 Å². The molecule has 0 spiro atoms. The Morgan fingerprint density at radius 3 is 3.05 bits per heavy atom. The first kappa shape index (κ1) is 14.0. The van der Waals surface area contributed by atoms with Crippen molar-refractivity contribution in [2.24, 2.45) is 0 Å². The number of benzene rings is 1. The molecule has 0 unspecified atom stereocenters. The number of carbonyl (C=O) groups excluding carboxylic acids is 1. The number of thioether (sulfide) groups is 1. The van der Waals surface area contributed by atoms with Crippen LogP contribution in [0.2, 0.25) is 0 Å². The highest BCUT2D eigenvalue weighted by Gasteiger charge is 2.18. The summed E-state index contributed by atoms with van der Waals surface area (Å²) < 4.78 is 5.85. The highest BCUT2D eigenvalue weighted by molar-refractivity contribution is 8.00. The molecule has 7 nitrogen and oxygen atoms in total. The molecule has 2 heterocycles. The first-order valence-electron chi connectivity index (χ1n) is 5.89. The molecule has 0 bridgehead atoms. The number of aliphatic hydroxyl groups excluding tert-OH is 1. The predicted octanol–water partition coefficient (Wildman–Crippen LogP) is 2.15. The number of fused-ring (bicyclic) bond motifs is 1. The van der Waals surface area contributed by atoms with E-state index in [1.54, 1.807) is 18.2 Å². The Bertz CT molecular complexity index is 799. The number of nitrogens with one attached hydrogen (secondary N) is 1. The molecule has 0 atom stereocenters. The molecule has 0 saturated carbocycles. The topological polar surface area (TPSA) is 101 Å². The molecule has 3 rings (SSSR count). The second kappa shape index (κ2) is 5.80.